The van der Waals surface area contributed by atoms with Gasteiger partial charge in [0, 0.05) is 34.1 Å². The fraction of sp³-hybridized carbons (Fsp3) is 0.0566. The Morgan fingerprint density at radius 3 is 1.39 bits per heavy atom. The van der Waals surface area contributed by atoms with Crippen LogP contribution in [0.15, 0.2) is 182 Å². The summed E-state index contributed by atoms with van der Waals surface area (Å²) in [4.78, 5) is 19.9. The molecule has 0 radical (unpaired) electrons. The van der Waals surface area contributed by atoms with Gasteiger partial charge in [0.05, 0.1) is 5.41 Å². The molecule has 0 saturated heterocycles. The molecule has 0 fully saturated rings. The second-order valence-corrected chi connectivity index (χ2v) is 15.1. The van der Waals surface area contributed by atoms with Crippen molar-refractivity contribution in [2.24, 2.45) is 0 Å². The summed E-state index contributed by atoms with van der Waals surface area (Å²) in [5, 5.41) is 0. The minimum absolute atomic E-state index is 0.545. The molecular formula is C53H36N4. The number of nitrogens with zero attached hydrogens (tertiary/aromatic N) is 4. The van der Waals surface area contributed by atoms with E-state index in [0.717, 1.165) is 27.9 Å². The highest BCUT2D eigenvalue weighted by molar-refractivity contribution is 5.96. The molecule has 2 aromatic heterocycles. The van der Waals surface area contributed by atoms with Gasteiger partial charge >= 0.3 is 0 Å². The topological polar surface area (TPSA) is 51.6 Å². The maximum absolute atomic E-state index is 5.15. The fourth-order valence-electron chi connectivity index (χ4n) is 9.26. The molecule has 2 aliphatic rings. The third-order valence-corrected chi connectivity index (χ3v) is 11.8. The zero-order valence-electron chi connectivity index (χ0n) is 31.6. The van der Waals surface area contributed by atoms with Gasteiger partial charge in [-0.15, -0.1) is 0 Å². The van der Waals surface area contributed by atoms with Crippen LogP contribution in [0.2, 0.25) is 0 Å². The molecule has 7 aromatic carbocycles. The van der Waals surface area contributed by atoms with Crippen molar-refractivity contribution in [3.63, 3.8) is 0 Å². The standard InChI is InChI=1S/C53H36N4/c1-33-28-34(2)54-32-45(33)39-19-13-18-37(29-39)38-24-26-43-41-20-9-11-22-46(41)53(48(43)30-38)47-23-12-10-21-42(47)44-27-25-40(31-49(44)53)52-56-50(35-14-5-3-6-15-35)55-51(57-52)36-16-7-4-8-17-36/h3-32H,1-2H3. The molecule has 11 rings (SSSR count). The van der Waals surface area contributed by atoms with Crippen LogP contribution in [0.25, 0.3) is 78.7 Å². The number of rotatable bonds is 5. The molecule has 0 amide bonds. The smallest absolute Gasteiger partial charge is 0.164 e. The molecule has 1 spiro atoms. The Morgan fingerprint density at radius 2 is 0.789 bits per heavy atom. The van der Waals surface area contributed by atoms with Crippen molar-refractivity contribution >= 4 is 0 Å². The predicted molar refractivity (Wildman–Crippen MR) is 231 cm³/mol. The molecule has 268 valence electrons. The van der Waals surface area contributed by atoms with Gasteiger partial charge in [-0.1, -0.05) is 152 Å². The van der Waals surface area contributed by atoms with Gasteiger partial charge in [-0.3, -0.25) is 4.98 Å². The molecule has 57 heavy (non-hydrogen) atoms. The number of pyridine rings is 1. The molecule has 0 bridgehead atoms. The summed E-state index contributed by atoms with van der Waals surface area (Å²) in [5.41, 5.74) is 19.4. The maximum Gasteiger partial charge on any atom is 0.164 e. The average molecular weight is 729 g/mol. The van der Waals surface area contributed by atoms with Gasteiger partial charge in [-0.25, -0.2) is 15.0 Å². The Hall–Kier alpha value is -7.30. The van der Waals surface area contributed by atoms with Gasteiger partial charge < -0.3 is 0 Å². The summed E-state index contributed by atoms with van der Waals surface area (Å²) in [6, 6.07) is 63.2. The fourth-order valence-corrected chi connectivity index (χ4v) is 9.26. The van der Waals surface area contributed by atoms with E-state index < -0.39 is 5.41 Å². The second-order valence-electron chi connectivity index (χ2n) is 15.1. The highest BCUT2D eigenvalue weighted by atomic mass is 15.0. The molecule has 9 aromatic rings. The molecule has 4 nitrogen and oxygen atoms in total. The zero-order valence-corrected chi connectivity index (χ0v) is 31.6. The number of aromatic nitrogens is 4. The third-order valence-electron chi connectivity index (χ3n) is 11.8. The molecule has 1 atom stereocenters. The molecule has 0 saturated carbocycles. The van der Waals surface area contributed by atoms with E-state index in [2.05, 4.69) is 151 Å². The molecule has 2 heterocycles. The first kappa shape index (κ1) is 33.1. The van der Waals surface area contributed by atoms with Gasteiger partial charge in [-0.05, 0) is 105 Å². The maximum atomic E-state index is 5.15. The van der Waals surface area contributed by atoms with Crippen LogP contribution in [0.4, 0.5) is 0 Å². The lowest BCUT2D eigenvalue weighted by molar-refractivity contribution is 0.794. The van der Waals surface area contributed by atoms with Crippen LogP contribution in [0, 0.1) is 13.8 Å². The summed E-state index contributed by atoms with van der Waals surface area (Å²) in [6.45, 7) is 4.21. The van der Waals surface area contributed by atoms with Crippen LogP contribution in [-0.2, 0) is 5.41 Å². The van der Waals surface area contributed by atoms with Crippen LogP contribution >= 0.6 is 0 Å². The van der Waals surface area contributed by atoms with E-state index in [0.29, 0.717) is 17.5 Å². The summed E-state index contributed by atoms with van der Waals surface area (Å²) in [5.74, 6) is 1.95. The third kappa shape index (κ3) is 5.14. The van der Waals surface area contributed by atoms with E-state index >= 15 is 0 Å². The Morgan fingerprint density at radius 1 is 0.333 bits per heavy atom. The van der Waals surface area contributed by atoms with Crippen molar-refractivity contribution in [1.82, 2.24) is 19.9 Å². The molecule has 4 heteroatoms. The lowest BCUT2D eigenvalue weighted by Crippen LogP contribution is -2.26. The summed E-state index contributed by atoms with van der Waals surface area (Å²) in [7, 11) is 0. The van der Waals surface area contributed by atoms with Crippen molar-refractivity contribution in [2.45, 2.75) is 19.3 Å². The summed E-state index contributed by atoms with van der Waals surface area (Å²) >= 11 is 0. The quantitative estimate of drug-likeness (QED) is 0.177. The number of aryl methyl sites for hydroxylation is 2. The van der Waals surface area contributed by atoms with Crippen molar-refractivity contribution < 1.29 is 0 Å². The normalized spacial score (nSPS) is 14.6. The molecule has 2 aliphatic carbocycles. The van der Waals surface area contributed by atoms with Crippen LogP contribution in [0.5, 0.6) is 0 Å². The van der Waals surface area contributed by atoms with E-state index in [9.17, 15) is 0 Å². The molecule has 0 aliphatic heterocycles. The van der Waals surface area contributed by atoms with Crippen molar-refractivity contribution in [1.29, 1.82) is 0 Å². The van der Waals surface area contributed by atoms with Gasteiger partial charge in [0.15, 0.2) is 17.5 Å². The molecule has 1 unspecified atom stereocenters. The first-order valence-corrected chi connectivity index (χ1v) is 19.5. The van der Waals surface area contributed by atoms with Gasteiger partial charge in [0.1, 0.15) is 0 Å². The van der Waals surface area contributed by atoms with Crippen molar-refractivity contribution in [3.8, 4) is 78.7 Å². The Balaban J connectivity index is 1.14. The van der Waals surface area contributed by atoms with Gasteiger partial charge in [-0.2, -0.15) is 0 Å². The summed E-state index contributed by atoms with van der Waals surface area (Å²) in [6.07, 6.45) is 2.00. The van der Waals surface area contributed by atoms with Crippen molar-refractivity contribution in [3.05, 3.63) is 216 Å². The van der Waals surface area contributed by atoms with E-state index in [4.69, 9.17) is 15.0 Å². The van der Waals surface area contributed by atoms with E-state index in [1.165, 1.54) is 66.8 Å². The zero-order chi connectivity index (χ0) is 38.1. The van der Waals surface area contributed by atoms with Gasteiger partial charge in [0.2, 0.25) is 0 Å². The highest BCUT2D eigenvalue weighted by Gasteiger charge is 2.51. The van der Waals surface area contributed by atoms with Gasteiger partial charge in [0.25, 0.3) is 0 Å². The Bertz CT molecular complexity index is 2970. The SMILES string of the molecule is Cc1cc(C)c(-c2cccc(-c3ccc4c(c3)C3(c5ccccc5-4)c4ccccc4-c4ccc(-c5nc(-c6ccccc6)nc(-c6ccccc6)n5)cc43)c2)cn1. The monoisotopic (exact) mass is 728 g/mol. The van der Waals surface area contributed by atoms with Crippen LogP contribution in [0.1, 0.15) is 33.5 Å². The minimum Gasteiger partial charge on any atom is -0.261 e. The first-order chi connectivity index (χ1) is 28.1. The minimum atomic E-state index is -0.545. The summed E-state index contributed by atoms with van der Waals surface area (Å²) < 4.78 is 0. The first-order valence-electron chi connectivity index (χ1n) is 19.5. The Labute approximate surface area is 332 Å². The van der Waals surface area contributed by atoms with Crippen LogP contribution in [0.3, 0.4) is 0 Å². The molecule has 0 N–H and O–H groups in total. The van der Waals surface area contributed by atoms with E-state index in [1.54, 1.807) is 0 Å². The second kappa shape index (κ2) is 12.9. The Kier molecular flexibility index (Phi) is 7.48. The van der Waals surface area contributed by atoms with E-state index in [-0.39, 0.29) is 0 Å². The number of fused-ring (bicyclic) bond motifs is 10. The van der Waals surface area contributed by atoms with Crippen LogP contribution in [-0.4, -0.2) is 19.9 Å². The van der Waals surface area contributed by atoms with E-state index in [1.807, 2.05) is 49.5 Å². The predicted octanol–water partition coefficient (Wildman–Crippen LogP) is 12.6. The molecular weight excluding hydrogens is 693 g/mol. The number of hydrogen-bond acceptors (Lipinski definition) is 4. The number of hydrogen-bond donors (Lipinski definition) is 0. The van der Waals surface area contributed by atoms with Crippen molar-refractivity contribution in [2.75, 3.05) is 0 Å². The average Bonchev–Trinajstić information content (AvgIpc) is 3.73. The number of benzene rings is 7. The highest BCUT2D eigenvalue weighted by Crippen LogP contribution is 2.63. The van der Waals surface area contributed by atoms with Crippen LogP contribution < -0.4 is 0 Å². The largest absolute Gasteiger partial charge is 0.261 e. The lowest BCUT2D eigenvalue weighted by Gasteiger charge is -2.31. The lowest BCUT2D eigenvalue weighted by atomic mass is 9.70.